The number of aromatic nitrogens is 12. The molecule has 20 nitrogen and oxygen atoms in total. The summed E-state index contributed by atoms with van der Waals surface area (Å²) in [6.45, 7) is 3.74. The van der Waals surface area contributed by atoms with Crippen LogP contribution in [0.25, 0.3) is 56.5 Å². The van der Waals surface area contributed by atoms with Gasteiger partial charge in [0, 0.05) is 6.20 Å². The minimum atomic E-state index is -0.593. The first-order valence-corrected chi connectivity index (χ1v) is 15.3. The van der Waals surface area contributed by atoms with E-state index in [1.54, 1.807) is 49.2 Å². The molecule has 256 valence electrons. The highest BCUT2D eigenvalue weighted by molar-refractivity contribution is 5.92. The molecule has 8 aromatic heterocycles. The van der Waals surface area contributed by atoms with Crippen LogP contribution < -0.4 is 11.5 Å². The molecule has 0 aromatic carbocycles. The van der Waals surface area contributed by atoms with Crippen molar-refractivity contribution in [1.29, 1.82) is 0 Å². The van der Waals surface area contributed by atoms with Gasteiger partial charge in [0.1, 0.15) is 6.04 Å². The Labute approximate surface area is 280 Å². The van der Waals surface area contributed by atoms with Crippen molar-refractivity contribution < 1.29 is 27.9 Å². The summed E-state index contributed by atoms with van der Waals surface area (Å²) in [5, 5.41) is 18.6. The van der Waals surface area contributed by atoms with E-state index in [9.17, 15) is 9.59 Å². The number of carbonyl (C=O) groups excluding carboxylic acids is 2. The standard InChI is InChI=1S/2C15H15N7O3/c1-3-9(14(23)24-2)21-13-8(7-17-21)12-18-11(10-5-4-6-25-10)20-22(12)15(16)19-13;1-3-9(14(23)24-2)21-7-8-11(19-21)18-15(16)22-13(8)17-12(20-22)10-5-4-6-25-10/h4-7,9H,3H2,1-2H3,(H2,16,19);4-7,9H,3H2,1-2H3,(H2,16,18,19). The highest BCUT2D eigenvalue weighted by atomic mass is 16.5. The largest absolute Gasteiger partial charge is 0.467 e. The Bertz CT molecular complexity index is 2400. The average molecular weight is 683 g/mol. The van der Waals surface area contributed by atoms with E-state index in [0.717, 1.165) is 0 Å². The van der Waals surface area contributed by atoms with Gasteiger partial charge in [0.25, 0.3) is 0 Å². The summed E-state index contributed by atoms with van der Waals surface area (Å²) < 4.78 is 26.2. The number of furan rings is 2. The van der Waals surface area contributed by atoms with Crippen LogP contribution in [0.3, 0.4) is 0 Å². The van der Waals surface area contributed by atoms with Crippen molar-refractivity contribution in [1.82, 2.24) is 58.7 Å². The summed E-state index contributed by atoms with van der Waals surface area (Å²) in [6, 6.07) is 5.86. The zero-order chi connectivity index (χ0) is 35.1. The molecule has 50 heavy (non-hydrogen) atoms. The molecule has 0 aliphatic heterocycles. The van der Waals surface area contributed by atoms with Gasteiger partial charge in [-0.2, -0.15) is 29.2 Å². The van der Waals surface area contributed by atoms with Crippen molar-refractivity contribution in [3.63, 3.8) is 0 Å². The number of methoxy groups -OCH3 is 2. The summed E-state index contributed by atoms with van der Waals surface area (Å²) in [6.07, 6.45) is 7.39. The van der Waals surface area contributed by atoms with Gasteiger partial charge in [-0.15, -0.1) is 10.2 Å². The summed E-state index contributed by atoms with van der Waals surface area (Å²) in [4.78, 5) is 41.5. The second-order valence-corrected chi connectivity index (χ2v) is 10.8. The molecule has 0 aliphatic rings. The SMILES string of the molecule is CCC(C(=O)OC)n1cc2c(nc(N)n3nc(-c4ccco4)nc23)n1.CCC(C(=O)OC)n1ncc2c1nc(N)n1nc(-c3ccco3)nc21. The lowest BCUT2D eigenvalue weighted by Crippen LogP contribution is -2.21. The number of nitrogen functional groups attached to an aromatic ring is 2. The number of anilines is 2. The van der Waals surface area contributed by atoms with Crippen molar-refractivity contribution in [3.05, 3.63) is 49.2 Å². The molecular weight excluding hydrogens is 652 g/mol. The molecule has 0 saturated carbocycles. The molecule has 2 atom stereocenters. The molecule has 4 N–H and O–H groups in total. The van der Waals surface area contributed by atoms with Gasteiger partial charge in [0.15, 0.2) is 40.2 Å². The predicted molar refractivity (Wildman–Crippen MR) is 175 cm³/mol. The maximum absolute atomic E-state index is 12.0. The van der Waals surface area contributed by atoms with Crippen LogP contribution in [0.2, 0.25) is 0 Å². The fourth-order valence-electron chi connectivity index (χ4n) is 5.43. The number of nitrogens with zero attached hydrogens (tertiary/aromatic N) is 12. The third kappa shape index (κ3) is 5.27. The van der Waals surface area contributed by atoms with Crippen molar-refractivity contribution in [2.24, 2.45) is 0 Å². The summed E-state index contributed by atoms with van der Waals surface area (Å²) >= 11 is 0. The molecule has 0 spiro atoms. The van der Waals surface area contributed by atoms with Crippen LogP contribution in [0.1, 0.15) is 38.8 Å². The highest BCUT2D eigenvalue weighted by Crippen LogP contribution is 2.27. The third-order valence-electron chi connectivity index (χ3n) is 7.87. The zero-order valence-electron chi connectivity index (χ0n) is 27.2. The number of esters is 2. The fourth-order valence-corrected chi connectivity index (χ4v) is 5.43. The molecule has 0 aliphatic carbocycles. The maximum atomic E-state index is 12.0. The van der Waals surface area contributed by atoms with Crippen molar-refractivity contribution in [2.75, 3.05) is 25.7 Å². The van der Waals surface area contributed by atoms with Crippen molar-refractivity contribution in [2.45, 2.75) is 38.8 Å². The Kier molecular flexibility index (Phi) is 8.02. The van der Waals surface area contributed by atoms with Crippen LogP contribution in [-0.4, -0.2) is 84.9 Å². The number of hydrogen-bond donors (Lipinski definition) is 2. The van der Waals surface area contributed by atoms with Gasteiger partial charge >= 0.3 is 11.9 Å². The Morgan fingerprint density at radius 1 is 0.760 bits per heavy atom. The Morgan fingerprint density at radius 3 is 1.86 bits per heavy atom. The van der Waals surface area contributed by atoms with Crippen LogP contribution in [-0.2, 0) is 19.1 Å². The second kappa shape index (κ2) is 12.6. The quantitative estimate of drug-likeness (QED) is 0.218. The predicted octanol–water partition coefficient (Wildman–Crippen LogP) is 2.88. The van der Waals surface area contributed by atoms with E-state index in [4.69, 9.17) is 29.8 Å². The Morgan fingerprint density at radius 2 is 1.32 bits per heavy atom. The van der Waals surface area contributed by atoms with E-state index in [1.165, 1.54) is 32.6 Å². The van der Waals surface area contributed by atoms with E-state index in [0.29, 0.717) is 69.4 Å². The van der Waals surface area contributed by atoms with Gasteiger partial charge < -0.3 is 29.8 Å². The Hall–Kier alpha value is -6.86. The van der Waals surface area contributed by atoms with Gasteiger partial charge in [-0.25, -0.2) is 24.2 Å². The smallest absolute Gasteiger partial charge is 0.330 e. The molecule has 0 saturated heterocycles. The highest BCUT2D eigenvalue weighted by Gasteiger charge is 2.26. The topological polar surface area (TPSA) is 253 Å². The van der Waals surface area contributed by atoms with E-state index >= 15 is 0 Å². The monoisotopic (exact) mass is 682 g/mol. The van der Waals surface area contributed by atoms with Crippen molar-refractivity contribution in [3.8, 4) is 23.2 Å². The molecule has 0 bridgehead atoms. The van der Waals surface area contributed by atoms with E-state index < -0.39 is 18.1 Å². The first-order chi connectivity index (χ1) is 24.3. The molecule has 2 unspecified atom stereocenters. The van der Waals surface area contributed by atoms with Gasteiger partial charge in [-0.05, 0) is 37.1 Å². The van der Waals surface area contributed by atoms with Gasteiger partial charge in [0.2, 0.25) is 23.5 Å². The second-order valence-electron chi connectivity index (χ2n) is 10.8. The maximum Gasteiger partial charge on any atom is 0.330 e. The van der Waals surface area contributed by atoms with E-state index in [-0.39, 0.29) is 17.9 Å². The Balaban J connectivity index is 0.000000157. The average Bonchev–Trinajstić information content (AvgIpc) is 3.96. The van der Waals surface area contributed by atoms with E-state index in [1.807, 2.05) is 13.8 Å². The summed E-state index contributed by atoms with van der Waals surface area (Å²) in [5.41, 5.74) is 13.8. The normalized spacial score (nSPS) is 12.7. The van der Waals surface area contributed by atoms with Crippen LogP contribution in [0.4, 0.5) is 11.9 Å². The number of hydrogen-bond acceptors (Lipinski definition) is 16. The lowest BCUT2D eigenvalue weighted by Gasteiger charge is -2.13. The zero-order valence-corrected chi connectivity index (χ0v) is 27.2. The molecule has 20 heteroatoms. The minimum Gasteiger partial charge on any atom is -0.467 e. The van der Waals surface area contributed by atoms with Gasteiger partial charge in [-0.3, -0.25) is 4.68 Å². The molecular formula is C30H30N14O6. The number of rotatable bonds is 8. The lowest BCUT2D eigenvalue weighted by molar-refractivity contribution is -0.145. The molecule has 8 rings (SSSR count). The molecule has 8 heterocycles. The van der Waals surface area contributed by atoms with Gasteiger partial charge in [0.05, 0.1) is 43.7 Å². The molecule has 0 fully saturated rings. The van der Waals surface area contributed by atoms with Crippen LogP contribution in [0.15, 0.2) is 58.0 Å². The molecule has 0 radical (unpaired) electrons. The van der Waals surface area contributed by atoms with E-state index in [2.05, 4.69) is 40.3 Å². The van der Waals surface area contributed by atoms with Crippen LogP contribution >= 0.6 is 0 Å². The fraction of sp³-hybridized carbons (Fsp3) is 0.267. The summed E-state index contributed by atoms with van der Waals surface area (Å²) in [7, 11) is 2.68. The lowest BCUT2D eigenvalue weighted by atomic mass is 10.2. The van der Waals surface area contributed by atoms with Gasteiger partial charge in [-0.1, -0.05) is 13.8 Å². The number of fused-ring (bicyclic) bond motifs is 6. The minimum absolute atomic E-state index is 0.134. The third-order valence-corrected chi connectivity index (χ3v) is 7.87. The van der Waals surface area contributed by atoms with Crippen LogP contribution in [0.5, 0.6) is 0 Å². The first kappa shape index (κ1) is 31.7. The molecule has 8 aromatic rings. The first-order valence-electron chi connectivity index (χ1n) is 15.3. The molecule has 0 amide bonds. The number of ether oxygens (including phenoxy) is 2. The summed E-state index contributed by atoms with van der Waals surface area (Å²) in [5.74, 6) is 1.31. The number of nitrogens with two attached hydrogens (primary N) is 2. The van der Waals surface area contributed by atoms with Crippen LogP contribution in [0, 0.1) is 0 Å². The van der Waals surface area contributed by atoms with Crippen molar-refractivity contribution >= 4 is 57.2 Å². The number of carbonyl (C=O) groups is 2.